The second-order valence-corrected chi connectivity index (χ2v) is 5.19. The molecule has 0 saturated heterocycles. The van der Waals surface area contributed by atoms with E-state index in [-0.39, 0.29) is 12.1 Å². The van der Waals surface area contributed by atoms with Gasteiger partial charge >= 0.3 is 5.97 Å². The lowest BCUT2D eigenvalue weighted by Crippen LogP contribution is -2.13. The Morgan fingerprint density at radius 1 is 1.44 bits per heavy atom. The van der Waals surface area contributed by atoms with Crippen LogP contribution in [0.2, 0.25) is 0 Å². The summed E-state index contributed by atoms with van der Waals surface area (Å²) in [4.78, 5) is 11.8. The molecule has 1 atom stereocenters. The maximum Gasteiger partial charge on any atom is 0.334 e. The highest BCUT2D eigenvalue weighted by atomic mass is 16.5. The predicted molar refractivity (Wildman–Crippen MR) is 72.2 cm³/mol. The molecule has 0 saturated carbocycles. The number of carbonyl (C=O) groups is 1. The van der Waals surface area contributed by atoms with Crippen LogP contribution < -0.4 is 0 Å². The highest BCUT2D eigenvalue weighted by Gasteiger charge is 2.35. The van der Waals surface area contributed by atoms with Crippen LogP contribution in [0.1, 0.15) is 58.3 Å². The fourth-order valence-corrected chi connectivity index (χ4v) is 2.83. The van der Waals surface area contributed by atoms with Gasteiger partial charge in [-0.3, -0.25) is 0 Å². The van der Waals surface area contributed by atoms with Crippen molar-refractivity contribution in [1.29, 1.82) is 0 Å². The lowest BCUT2D eigenvalue weighted by atomic mass is 9.88. The van der Waals surface area contributed by atoms with Gasteiger partial charge in [0.05, 0.1) is 0 Å². The van der Waals surface area contributed by atoms with Crippen molar-refractivity contribution in [3.8, 4) is 0 Å². The third-order valence-electron chi connectivity index (χ3n) is 3.91. The minimum absolute atomic E-state index is 0.0195. The summed E-state index contributed by atoms with van der Waals surface area (Å²) in [5, 5.41) is 0. The SMILES string of the molecule is C=C=C(CCCC)CC1OC(=O)C2=C1CCCC2. The Morgan fingerprint density at radius 3 is 2.94 bits per heavy atom. The van der Waals surface area contributed by atoms with Crippen LogP contribution in [-0.4, -0.2) is 12.1 Å². The summed E-state index contributed by atoms with van der Waals surface area (Å²) in [6.07, 6.45) is 8.39. The van der Waals surface area contributed by atoms with Gasteiger partial charge in [0.1, 0.15) is 6.10 Å². The number of cyclic esters (lactones) is 1. The molecule has 0 aromatic heterocycles. The van der Waals surface area contributed by atoms with Crippen LogP contribution in [0.25, 0.3) is 0 Å². The second kappa shape index (κ2) is 6.06. The molecule has 1 heterocycles. The minimum Gasteiger partial charge on any atom is -0.454 e. The molecule has 0 aromatic carbocycles. The molecule has 0 fully saturated rings. The number of unbranched alkanes of at least 4 members (excludes halogenated alkanes) is 1. The molecule has 0 spiro atoms. The normalized spacial score (nSPS) is 22.5. The Labute approximate surface area is 109 Å². The number of hydrogen-bond acceptors (Lipinski definition) is 2. The predicted octanol–water partition coefficient (Wildman–Crippen LogP) is 4.07. The Kier molecular flexibility index (Phi) is 4.43. The summed E-state index contributed by atoms with van der Waals surface area (Å²) in [5.41, 5.74) is 6.45. The Morgan fingerprint density at radius 2 is 2.22 bits per heavy atom. The van der Waals surface area contributed by atoms with E-state index in [9.17, 15) is 4.79 Å². The third-order valence-corrected chi connectivity index (χ3v) is 3.91. The molecule has 18 heavy (non-hydrogen) atoms. The summed E-state index contributed by atoms with van der Waals surface area (Å²) >= 11 is 0. The van der Waals surface area contributed by atoms with Crippen LogP contribution >= 0.6 is 0 Å². The number of esters is 1. The van der Waals surface area contributed by atoms with Crippen LogP contribution in [0.3, 0.4) is 0 Å². The first-order valence-electron chi connectivity index (χ1n) is 7.07. The first-order chi connectivity index (χ1) is 8.76. The molecule has 2 aliphatic rings. The fourth-order valence-electron chi connectivity index (χ4n) is 2.83. The molecule has 0 N–H and O–H groups in total. The summed E-state index contributed by atoms with van der Waals surface area (Å²) in [6.45, 7) is 5.94. The van der Waals surface area contributed by atoms with E-state index in [1.54, 1.807) is 0 Å². The van der Waals surface area contributed by atoms with Crippen LogP contribution in [0.4, 0.5) is 0 Å². The molecule has 1 unspecified atom stereocenters. The summed E-state index contributed by atoms with van der Waals surface area (Å²) < 4.78 is 5.52. The van der Waals surface area contributed by atoms with Crippen molar-refractivity contribution < 1.29 is 9.53 Å². The van der Waals surface area contributed by atoms with Crippen LogP contribution in [-0.2, 0) is 9.53 Å². The smallest absolute Gasteiger partial charge is 0.334 e. The standard InChI is InChI=1S/C16H22O2/c1-3-5-8-12(4-2)11-15-13-9-6-7-10-14(13)16(17)18-15/h15H,2-3,5-11H2,1H3. The van der Waals surface area contributed by atoms with Gasteiger partial charge < -0.3 is 4.74 Å². The zero-order valence-corrected chi connectivity index (χ0v) is 11.3. The van der Waals surface area contributed by atoms with Crippen molar-refractivity contribution in [2.45, 2.75) is 64.4 Å². The summed E-state index contributed by atoms with van der Waals surface area (Å²) in [5.74, 6) is -0.0754. The van der Waals surface area contributed by atoms with E-state index < -0.39 is 0 Å². The van der Waals surface area contributed by atoms with E-state index in [1.165, 1.54) is 24.0 Å². The average molecular weight is 246 g/mol. The topological polar surface area (TPSA) is 26.3 Å². The molecule has 2 nitrogen and oxygen atoms in total. The molecule has 2 heteroatoms. The monoisotopic (exact) mass is 246 g/mol. The van der Waals surface area contributed by atoms with Crippen LogP contribution in [0, 0.1) is 0 Å². The van der Waals surface area contributed by atoms with E-state index in [2.05, 4.69) is 19.2 Å². The van der Waals surface area contributed by atoms with Gasteiger partial charge in [-0.15, -0.1) is 5.73 Å². The number of rotatable bonds is 5. The molecular weight excluding hydrogens is 224 g/mol. The van der Waals surface area contributed by atoms with Crippen molar-refractivity contribution in [1.82, 2.24) is 0 Å². The van der Waals surface area contributed by atoms with E-state index in [0.717, 1.165) is 44.1 Å². The first-order valence-corrected chi connectivity index (χ1v) is 7.07. The lowest BCUT2D eigenvalue weighted by Gasteiger charge is -2.17. The van der Waals surface area contributed by atoms with Crippen molar-refractivity contribution >= 4 is 5.97 Å². The minimum atomic E-state index is -0.0754. The largest absolute Gasteiger partial charge is 0.454 e. The van der Waals surface area contributed by atoms with Crippen molar-refractivity contribution in [2.24, 2.45) is 0 Å². The first kappa shape index (κ1) is 13.2. The highest BCUT2D eigenvalue weighted by molar-refractivity contribution is 5.92. The fraction of sp³-hybridized carbons (Fsp3) is 0.625. The van der Waals surface area contributed by atoms with E-state index in [0.29, 0.717) is 0 Å². The molecule has 0 aromatic rings. The summed E-state index contributed by atoms with van der Waals surface area (Å²) in [7, 11) is 0. The van der Waals surface area contributed by atoms with Crippen LogP contribution in [0.5, 0.6) is 0 Å². The molecule has 1 aliphatic heterocycles. The molecule has 1 aliphatic carbocycles. The molecule has 98 valence electrons. The lowest BCUT2D eigenvalue weighted by molar-refractivity contribution is -0.139. The summed E-state index contributed by atoms with van der Waals surface area (Å²) in [6, 6.07) is 0. The molecule has 0 bridgehead atoms. The number of hydrogen-bond donors (Lipinski definition) is 0. The quantitative estimate of drug-likeness (QED) is 0.540. The van der Waals surface area contributed by atoms with Crippen LogP contribution in [0.15, 0.2) is 29.0 Å². The van der Waals surface area contributed by atoms with E-state index >= 15 is 0 Å². The zero-order valence-electron chi connectivity index (χ0n) is 11.3. The van der Waals surface area contributed by atoms with Gasteiger partial charge in [-0.2, -0.15) is 0 Å². The van der Waals surface area contributed by atoms with E-state index in [4.69, 9.17) is 4.74 Å². The highest BCUT2D eigenvalue weighted by Crippen LogP contribution is 2.37. The average Bonchev–Trinajstić information content (AvgIpc) is 2.72. The Bertz CT molecular complexity index is 411. The molecule has 0 radical (unpaired) electrons. The third kappa shape index (κ3) is 2.76. The van der Waals surface area contributed by atoms with Crippen molar-refractivity contribution in [3.05, 3.63) is 29.0 Å². The van der Waals surface area contributed by atoms with Gasteiger partial charge in [0.15, 0.2) is 0 Å². The number of ether oxygens (including phenoxy) is 1. The van der Waals surface area contributed by atoms with Gasteiger partial charge in [-0.05, 0) is 49.7 Å². The Balaban J connectivity index is 2.04. The van der Waals surface area contributed by atoms with Gasteiger partial charge in [0.2, 0.25) is 0 Å². The van der Waals surface area contributed by atoms with Crippen molar-refractivity contribution in [2.75, 3.05) is 0 Å². The zero-order chi connectivity index (χ0) is 13.0. The maximum absolute atomic E-state index is 11.8. The van der Waals surface area contributed by atoms with Crippen molar-refractivity contribution in [3.63, 3.8) is 0 Å². The van der Waals surface area contributed by atoms with Gasteiger partial charge in [0, 0.05) is 12.0 Å². The Hall–Kier alpha value is -1.27. The molecule has 0 amide bonds. The maximum atomic E-state index is 11.8. The van der Waals surface area contributed by atoms with E-state index in [1.807, 2.05) is 0 Å². The van der Waals surface area contributed by atoms with Gasteiger partial charge in [-0.1, -0.05) is 19.9 Å². The second-order valence-electron chi connectivity index (χ2n) is 5.19. The molecular formula is C16H22O2. The van der Waals surface area contributed by atoms with Gasteiger partial charge in [-0.25, -0.2) is 4.79 Å². The number of carbonyl (C=O) groups excluding carboxylic acids is 1. The molecule has 2 rings (SSSR count). The van der Waals surface area contributed by atoms with Gasteiger partial charge in [0.25, 0.3) is 0 Å².